The van der Waals surface area contributed by atoms with Crippen LogP contribution in [0.15, 0.2) is 18.2 Å². The second kappa shape index (κ2) is 6.88. The number of carbonyl (C=O) groups is 1. The molecule has 1 atom stereocenters. The molecule has 1 amide bonds. The molecular formula is C17H22N2O4. The fraction of sp³-hybridized carbons (Fsp3) is 0.529. The quantitative estimate of drug-likeness (QED) is 0.849. The smallest absolute Gasteiger partial charge is 0.260 e. The summed E-state index contributed by atoms with van der Waals surface area (Å²) in [6, 6.07) is 6.90. The molecule has 0 unspecified atom stereocenters. The van der Waals surface area contributed by atoms with E-state index in [0.29, 0.717) is 30.2 Å². The van der Waals surface area contributed by atoms with Crippen LogP contribution in [0.2, 0.25) is 0 Å². The fourth-order valence-electron chi connectivity index (χ4n) is 2.46. The van der Waals surface area contributed by atoms with Gasteiger partial charge in [0.05, 0.1) is 37.0 Å². The largest absolute Gasteiger partial charge is 0.493 e. The molecule has 6 nitrogen and oxygen atoms in total. The number of rotatable bonds is 4. The van der Waals surface area contributed by atoms with Crippen molar-refractivity contribution in [3.63, 3.8) is 0 Å². The van der Waals surface area contributed by atoms with Gasteiger partial charge in [0, 0.05) is 12.6 Å². The molecule has 0 spiro atoms. The first-order chi connectivity index (χ1) is 10.9. The maximum absolute atomic E-state index is 12.4. The van der Waals surface area contributed by atoms with E-state index in [1.807, 2.05) is 26.8 Å². The Labute approximate surface area is 136 Å². The molecule has 1 aliphatic heterocycles. The molecule has 0 bridgehead atoms. The number of hydrogen-bond acceptors (Lipinski definition) is 5. The van der Waals surface area contributed by atoms with E-state index in [1.165, 1.54) is 7.11 Å². The Bertz CT molecular complexity index is 622. The van der Waals surface area contributed by atoms with Crippen LogP contribution in [-0.2, 0) is 9.53 Å². The molecule has 124 valence electrons. The fourth-order valence-corrected chi connectivity index (χ4v) is 2.46. The minimum atomic E-state index is -0.353. The van der Waals surface area contributed by atoms with E-state index in [2.05, 4.69) is 0 Å². The second-order valence-electron chi connectivity index (χ2n) is 6.21. The highest BCUT2D eigenvalue weighted by molar-refractivity contribution is 5.78. The average molecular weight is 318 g/mol. The van der Waals surface area contributed by atoms with E-state index < -0.39 is 0 Å². The number of morpholine rings is 1. The summed E-state index contributed by atoms with van der Waals surface area (Å²) in [6.45, 7) is 6.84. The molecule has 1 aromatic carbocycles. The number of carbonyl (C=O) groups excluding carboxylic acids is 1. The van der Waals surface area contributed by atoms with E-state index >= 15 is 0 Å². The topological polar surface area (TPSA) is 71.8 Å². The minimum absolute atomic E-state index is 0.0157. The van der Waals surface area contributed by atoms with Gasteiger partial charge in [-0.1, -0.05) is 0 Å². The maximum atomic E-state index is 12.4. The first-order valence-corrected chi connectivity index (χ1v) is 7.50. The van der Waals surface area contributed by atoms with Crippen molar-refractivity contribution in [1.82, 2.24) is 4.90 Å². The molecular weight excluding hydrogens is 296 g/mol. The highest BCUT2D eigenvalue weighted by atomic mass is 16.5. The van der Waals surface area contributed by atoms with E-state index in [9.17, 15) is 4.79 Å². The molecule has 0 saturated carbocycles. The van der Waals surface area contributed by atoms with Crippen molar-refractivity contribution >= 4 is 5.91 Å². The number of amides is 1. The highest BCUT2D eigenvalue weighted by Crippen LogP contribution is 2.28. The van der Waals surface area contributed by atoms with Gasteiger partial charge in [-0.25, -0.2) is 0 Å². The Hall–Kier alpha value is -2.26. The summed E-state index contributed by atoms with van der Waals surface area (Å²) in [5, 5.41) is 8.90. The molecule has 1 aliphatic rings. The predicted molar refractivity (Wildman–Crippen MR) is 84.4 cm³/mol. The van der Waals surface area contributed by atoms with E-state index in [1.54, 1.807) is 23.1 Å². The molecule has 0 N–H and O–H groups in total. The zero-order valence-electron chi connectivity index (χ0n) is 14.0. The van der Waals surface area contributed by atoms with Crippen molar-refractivity contribution in [2.24, 2.45) is 0 Å². The molecule has 0 radical (unpaired) electrons. The SMILES string of the molecule is COc1cc(C#N)ccc1OCC(=O)N1CC(C)(C)OC[C@@H]1C. The first kappa shape index (κ1) is 17.1. The van der Waals surface area contributed by atoms with Crippen LogP contribution in [0.4, 0.5) is 0 Å². The van der Waals surface area contributed by atoms with Crippen LogP contribution in [0.3, 0.4) is 0 Å². The van der Waals surface area contributed by atoms with Gasteiger partial charge in [0.25, 0.3) is 5.91 Å². The van der Waals surface area contributed by atoms with Gasteiger partial charge in [-0.05, 0) is 32.9 Å². The van der Waals surface area contributed by atoms with Crippen LogP contribution in [0.1, 0.15) is 26.3 Å². The Balaban J connectivity index is 2.03. The number of hydrogen-bond donors (Lipinski definition) is 0. The Morgan fingerprint density at radius 1 is 1.48 bits per heavy atom. The van der Waals surface area contributed by atoms with Gasteiger partial charge < -0.3 is 19.1 Å². The molecule has 1 heterocycles. The van der Waals surface area contributed by atoms with Gasteiger partial charge >= 0.3 is 0 Å². The van der Waals surface area contributed by atoms with E-state index in [0.717, 1.165) is 0 Å². The summed E-state index contributed by atoms with van der Waals surface area (Å²) >= 11 is 0. The summed E-state index contributed by atoms with van der Waals surface area (Å²) in [4.78, 5) is 14.2. The number of ether oxygens (including phenoxy) is 3. The lowest BCUT2D eigenvalue weighted by atomic mass is 10.0. The van der Waals surface area contributed by atoms with E-state index in [-0.39, 0.29) is 24.2 Å². The van der Waals surface area contributed by atoms with Crippen molar-refractivity contribution in [2.45, 2.75) is 32.4 Å². The van der Waals surface area contributed by atoms with Crippen LogP contribution in [0, 0.1) is 11.3 Å². The van der Waals surface area contributed by atoms with Crippen molar-refractivity contribution in [1.29, 1.82) is 5.26 Å². The van der Waals surface area contributed by atoms with Gasteiger partial charge in [0.1, 0.15) is 0 Å². The summed E-state index contributed by atoms with van der Waals surface area (Å²) in [5.74, 6) is 0.785. The van der Waals surface area contributed by atoms with Crippen molar-refractivity contribution in [2.75, 3.05) is 26.9 Å². The van der Waals surface area contributed by atoms with Crippen LogP contribution in [0.25, 0.3) is 0 Å². The third-order valence-electron chi connectivity index (χ3n) is 3.76. The summed E-state index contributed by atoms with van der Waals surface area (Å²) in [5.41, 5.74) is 0.123. The van der Waals surface area contributed by atoms with Crippen molar-refractivity contribution in [3.05, 3.63) is 23.8 Å². The number of nitriles is 1. The van der Waals surface area contributed by atoms with Gasteiger partial charge in [0.2, 0.25) is 0 Å². The summed E-state index contributed by atoms with van der Waals surface area (Å²) in [6.07, 6.45) is 0. The summed E-state index contributed by atoms with van der Waals surface area (Å²) in [7, 11) is 1.50. The lowest BCUT2D eigenvalue weighted by Gasteiger charge is -2.42. The third kappa shape index (κ3) is 4.14. The highest BCUT2D eigenvalue weighted by Gasteiger charge is 2.34. The Morgan fingerprint density at radius 2 is 2.22 bits per heavy atom. The minimum Gasteiger partial charge on any atom is -0.493 e. The zero-order chi connectivity index (χ0) is 17.0. The van der Waals surface area contributed by atoms with Crippen LogP contribution >= 0.6 is 0 Å². The van der Waals surface area contributed by atoms with Gasteiger partial charge in [-0.15, -0.1) is 0 Å². The Kier molecular flexibility index (Phi) is 5.12. The van der Waals surface area contributed by atoms with Gasteiger partial charge in [0.15, 0.2) is 18.1 Å². The normalized spacial score (nSPS) is 19.8. The standard InChI is InChI=1S/C17H22N2O4/c1-12-9-23-17(2,3)11-19(12)16(20)10-22-14-6-5-13(8-18)7-15(14)21-4/h5-7,12H,9-11H2,1-4H3/t12-/m0/s1. The molecule has 1 saturated heterocycles. The number of nitrogens with zero attached hydrogens (tertiary/aromatic N) is 2. The van der Waals surface area contributed by atoms with Gasteiger partial charge in [-0.3, -0.25) is 4.79 Å². The predicted octanol–water partition coefficient (Wildman–Crippen LogP) is 1.97. The maximum Gasteiger partial charge on any atom is 0.260 e. The third-order valence-corrected chi connectivity index (χ3v) is 3.76. The molecule has 0 aliphatic carbocycles. The second-order valence-corrected chi connectivity index (χ2v) is 6.21. The number of benzene rings is 1. The number of methoxy groups -OCH3 is 1. The average Bonchev–Trinajstić information content (AvgIpc) is 2.54. The summed E-state index contributed by atoms with van der Waals surface area (Å²) < 4.78 is 16.5. The molecule has 23 heavy (non-hydrogen) atoms. The molecule has 1 fully saturated rings. The first-order valence-electron chi connectivity index (χ1n) is 7.50. The van der Waals surface area contributed by atoms with Crippen molar-refractivity contribution < 1.29 is 19.0 Å². The molecule has 2 rings (SSSR count). The molecule has 1 aromatic rings. The molecule has 6 heteroatoms. The lowest BCUT2D eigenvalue weighted by Crippen LogP contribution is -2.56. The van der Waals surface area contributed by atoms with Gasteiger partial charge in [-0.2, -0.15) is 5.26 Å². The molecule has 0 aromatic heterocycles. The van der Waals surface area contributed by atoms with Crippen LogP contribution < -0.4 is 9.47 Å². The lowest BCUT2D eigenvalue weighted by molar-refractivity contribution is -0.156. The van der Waals surface area contributed by atoms with Crippen molar-refractivity contribution in [3.8, 4) is 17.6 Å². The Morgan fingerprint density at radius 3 is 2.87 bits per heavy atom. The monoisotopic (exact) mass is 318 g/mol. The van der Waals surface area contributed by atoms with Crippen LogP contribution in [0.5, 0.6) is 11.5 Å². The van der Waals surface area contributed by atoms with E-state index in [4.69, 9.17) is 19.5 Å². The zero-order valence-corrected chi connectivity index (χ0v) is 14.0. The van der Waals surface area contributed by atoms with Crippen LogP contribution in [-0.4, -0.2) is 49.3 Å².